The van der Waals surface area contributed by atoms with E-state index in [1.165, 1.54) is 21.1 Å². The van der Waals surface area contributed by atoms with Crippen LogP contribution in [-0.2, 0) is 23.1 Å². The minimum absolute atomic E-state index is 0.0267. The zero-order valence-electron chi connectivity index (χ0n) is 37.2. The Kier molecular flexibility index (Phi) is 22.0. The molecule has 0 aliphatic carbocycles. The number of alkyl halides is 34. The van der Waals surface area contributed by atoms with Crippen LogP contribution in [0.15, 0.2) is 24.3 Å². The Hall–Kier alpha value is -2.91. The molecule has 0 aromatic rings. The van der Waals surface area contributed by atoms with Gasteiger partial charge in [0.15, 0.2) is 0 Å². The largest absolute Gasteiger partial charge is 0.756 e. The highest BCUT2D eigenvalue weighted by Crippen LogP contribution is 2.66. The van der Waals surface area contributed by atoms with Gasteiger partial charge in [0.2, 0.25) is 0 Å². The maximum Gasteiger partial charge on any atom is 0.460 e. The van der Waals surface area contributed by atoms with E-state index in [0.717, 1.165) is 0 Å². The van der Waals surface area contributed by atoms with Crippen LogP contribution in [0, 0.1) is 0 Å². The first-order valence-corrected chi connectivity index (χ1v) is 20.8. The van der Waals surface area contributed by atoms with Crippen molar-refractivity contribution in [3.8, 4) is 0 Å². The number of ether oxygens (including phenoxy) is 2. The molecule has 0 bridgehead atoms. The van der Waals surface area contributed by atoms with E-state index in [9.17, 15) is 159 Å². The SMILES string of the molecule is C[N+](C)(C)CCOP(=O)([O-])OC(COCCC/C=C/C(F)(F)C(F)(F)C(F)(F)C(F)(F)C(F)(F)C(F)(F)C(F)(F)C(F)(F)F)COCCC/C=C/C(F)(F)C(F)(F)C(F)(F)C(F)(F)C(F)(F)C(F)(F)C(F)(F)C(F)(F)F. The fourth-order valence-electron chi connectivity index (χ4n) is 4.81. The lowest BCUT2D eigenvalue weighted by Crippen LogP contribution is -2.74. The number of quaternary nitrogens is 1. The van der Waals surface area contributed by atoms with E-state index in [1.807, 2.05) is 0 Å². The van der Waals surface area contributed by atoms with Gasteiger partial charge < -0.3 is 27.9 Å². The average molecular weight is 1230 g/mol. The number of likely N-dealkylation sites (N-methyl/N-ethyl adjacent to an activating group) is 1. The van der Waals surface area contributed by atoms with Gasteiger partial charge in [-0.05, 0) is 37.8 Å². The number of allylic oxidation sites excluding steroid dienone is 4. The molecule has 0 heterocycles. The Bertz CT molecular complexity index is 1880. The van der Waals surface area contributed by atoms with Gasteiger partial charge in [0.1, 0.15) is 19.3 Å². The average Bonchev–Trinajstić information content (AvgIpc) is 3.20. The lowest BCUT2D eigenvalue weighted by molar-refractivity contribution is -0.870. The summed E-state index contributed by atoms with van der Waals surface area (Å²) in [5.41, 5.74) is 0. The zero-order chi connectivity index (χ0) is 61.3. The summed E-state index contributed by atoms with van der Waals surface area (Å²) in [6.07, 6.45) is -25.8. The molecule has 0 rings (SSSR count). The molecule has 76 heavy (non-hydrogen) atoms. The summed E-state index contributed by atoms with van der Waals surface area (Å²) in [7, 11) is -0.987. The first-order valence-electron chi connectivity index (χ1n) is 19.4. The fraction of sp³-hybridized carbons (Fsp3) is 0.882. The maximum atomic E-state index is 14.1. The molecule has 0 fully saturated rings. The van der Waals surface area contributed by atoms with Gasteiger partial charge in [0.05, 0.1) is 34.4 Å². The molecule has 0 radical (unpaired) electrons. The Morgan fingerprint density at radius 3 is 0.908 bits per heavy atom. The highest BCUT2D eigenvalue weighted by molar-refractivity contribution is 7.45. The van der Waals surface area contributed by atoms with Crippen molar-refractivity contribution in [3.63, 3.8) is 0 Å². The topological polar surface area (TPSA) is 77.1 Å². The van der Waals surface area contributed by atoms with E-state index in [0.29, 0.717) is 0 Å². The van der Waals surface area contributed by atoms with Crippen LogP contribution in [0.5, 0.6) is 0 Å². The molecule has 1 unspecified atom stereocenters. The lowest BCUT2D eigenvalue weighted by atomic mass is 9.89. The van der Waals surface area contributed by atoms with Gasteiger partial charge in [-0.15, -0.1) is 0 Å². The molecular formula is C34H34F34NO6P. The Morgan fingerprint density at radius 1 is 0.408 bits per heavy atom. The zero-order valence-corrected chi connectivity index (χ0v) is 38.0. The van der Waals surface area contributed by atoms with Crippen LogP contribution >= 0.6 is 7.82 Å². The maximum absolute atomic E-state index is 14.1. The van der Waals surface area contributed by atoms with Crippen LogP contribution in [0.2, 0.25) is 0 Å². The van der Waals surface area contributed by atoms with Crippen LogP contribution in [-0.4, -0.2) is 167 Å². The second kappa shape index (κ2) is 22.9. The highest BCUT2D eigenvalue weighted by Gasteiger charge is 2.96. The molecule has 0 N–H and O–H groups in total. The number of hydrogen-bond donors (Lipinski definition) is 0. The normalized spacial score (nSPS) is 16.9. The second-order valence-electron chi connectivity index (χ2n) is 16.4. The van der Waals surface area contributed by atoms with Crippen molar-refractivity contribution in [2.75, 3.05) is 60.7 Å². The van der Waals surface area contributed by atoms with Crippen molar-refractivity contribution in [3.05, 3.63) is 24.3 Å². The summed E-state index contributed by atoms with van der Waals surface area (Å²) in [5.74, 6) is -117. The molecule has 0 spiro atoms. The number of halogens is 34. The predicted octanol–water partition coefficient (Wildman–Crippen LogP) is 13.3. The number of phosphoric ester groups is 1. The predicted molar refractivity (Wildman–Crippen MR) is 181 cm³/mol. The van der Waals surface area contributed by atoms with Crippen LogP contribution in [0.3, 0.4) is 0 Å². The Labute approximate surface area is 402 Å². The minimum Gasteiger partial charge on any atom is -0.756 e. The van der Waals surface area contributed by atoms with E-state index < -0.39 is 180 Å². The van der Waals surface area contributed by atoms with Crippen molar-refractivity contribution < 1.29 is 182 Å². The number of nitrogens with zero attached hydrogens (tertiary/aromatic N) is 1. The van der Waals surface area contributed by atoms with Gasteiger partial charge in [-0.3, -0.25) is 4.57 Å². The Morgan fingerprint density at radius 2 is 0.658 bits per heavy atom. The van der Waals surface area contributed by atoms with Crippen molar-refractivity contribution >= 4 is 7.82 Å². The summed E-state index contributed by atoms with van der Waals surface area (Å²) >= 11 is 0. The van der Waals surface area contributed by atoms with Crippen molar-refractivity contribution in [1.29, 1.82) is 0 Å². The fourth-order valence-corrected chi connectivity index (χ4v) is 5.66. The molecule has 0 saturated heterocycles. The molecule has 0 amide bonds. The van der Waals surface area contributed by atoms with Gasteiger partial charge >= 0.3 is 95.3 Å². The monoisotopic (exact) mass is 1230 g/mol. The molecule has 42 heteroatoms. The summed E-state index contributed by atoms with van der Waals surface area (Å²) in [4.78, 5) is 12.3. The van der Waals surface area contributed by atoms with Gasteiger partial charge in [0.25, 0.3) is 7.82 Å². The standard InChI is InChI=1S/C34H34F34NO6P/c1-69(2,3)12-15-74-76(70,71)75-18(16-72-13-8-4-6-10-19(35,36)21(39,40)23(43,44)25(47,48)27(51,52)29(55,56)31(59,60)33(63,64)65)17-73-14-9-5-7-11-20(37,38)22(41,42)24(45,46)26(49,50)28(53,54)30(57,58)32(61,62)34(66,67)68/h6-7,10-11,18H,4-5,8-9,12-17H2,1-3H3/b10-6+,11-7+. The molecule has 0 aromatic heterocycles. The van der Waals surface area contributed by atoms with Crippen molar-refractivity contribution in [1.82, 2.24) is 0 Å². The molecule has 7 nitrogen and oxygen atoms in total. The highest BCUT2D eigenvalue weighted by atomic mass is 31.2. The molecule has 0 saturated carbocycles. The van der Waals surface area contributed by atoms with E-state index in [1.54, 1.807) is 0 Å². The Balaban J connectivity index is 6.08. The third kappa shape index (κ3) is 14.0. The van der Waals surface area contributed by atoms with E-state index in [2.05, 4.69) is 9.05 Å². The van der Waals surface area contributed by atoms with Crippen molar-refractivity contribution in [2.45, 2.75) is 127 Å². The third-order valence-electron chi connectivity index (χ3n) is 9.36. The van der Waals surface area contributed by atoms with Gasteiger partial charge in [-0.2, -0.15) is 149 Å². The lowest BCUT2D eigenvalue weighted by Gasteiger charge is -2.42. The van der Waals surface area contributed by atoms with E-state index >= 15 is 0 Å². The van der Waals surface area contributed by atoms with Crippen LogP contribution in [0.25, 0.3) is 0 Å². The quantitative estimate of drug-likeness (QED) is 0.0220. The van der Waals surface area contributed by atoms with Gasteiger partial charge in [-0.1, -0.05) is 12.2 Å². The summed E-state index contributed by atoms with van der Waals surface area (Å²) in [6.45, 7) is -4.92. The first-order chi connectivity index (χ1) is 33.0. The number of phosphoric acid groups is 1. The molecule has 0 aromatic carbocycles. The molecule has 0 aliphatic heterocycles. The molecule has 454 valence electrons. The first kappa shape index (κ1) is 73.1. The smallest absolute Gasteiger partial charge is 0.460 e. The van der Waals surface area contributed by atoms with Gasteiger partial charge in [0, 0.05) is 13.2 Å². The molecule has 0 aliphatic rings. The summed E-state index contributed by atoms with van der Waals surface area (Å²) < 4.78 is 489. The molecule has 1 atom stereocenters. The number of hydrogen-bond acceptors (Lipinski definition) is 6. The number of rotatable bonds is 32. The van der Waals surface area contributed by atoms with E-state index in [4.69, 9.17) is 9.47 Å². The van der Waals surface area contributed by atoms with Crippen LogP contribution in [0.4, 0.5) is 149 Å². The van der Waals surface area contributed by atoms with Crippen molar-refractivity contribution in [2.24, 2.45) is 0 Å². The van der Waals surface area contributed by atoms with Crippen LogP contribution < -0.4 is 4.89 Å². The summed E-state index contributed by atoms with van der Waals surface area (Å²) in [5, 5.41) is 0. The van der Waals surface area contributed by atoms with E-state index in [-0.39, 0.29) is 23.2 Å². The summed E-state index contributed by atoms with van der Waals surface area (Å²) in [6, 6.07) is 0. The minimum atomic E-state index is -8.87. The second-order valence-corrected chi connectivity index (χ2v) is 17.8. The number of unbranched alkanes of at least 4 members (excludes halogenated alkanes) is 2. The van der Waals surface area contributed by atoms with Crippen LogP contribution in [0.1, 0.15) is 25.7 Å². The third-order valence-corrected chi connectivity index (χ3v) is 10.4. The molecular weight excluding hydrogens is 1200 g/mol. The van der Waals surface area contributed by atoms with Gasteiger partial charge in [-0.25, -0.2) is 0 Å².